The van der Waals surface area contributed by atoms with Crippen LogP contribution in [0.5, 0.6) is 0 Å². The highest BCUT2D eigenvalue weighted by atomic mass is 35.5. The van der Waals surface area contributed by atoms with Gasteiger partial charge in [-0.05, 0) is 70.5 Å². The molecule has 1 nitrogen and oxygen atoms in total. The Bertz CT molecular complexity index is 1210. The number of nitrogen functional groups attached to an aromatic ring is 1. The lowest BCUT2D eigenvalue weighted by atomic mass is 9.94. The summed E-state index contributed by atoms with van der Waals surface area (Å²) in [6.07, 6.45) is 5.81. The van der Waals surface area contributed by atoms with E-state index in [2.05, 4.69) is 42.5 Å². The van der Waals surface area contributed by atoms with Crippen LogP contribution >= 0.6 is 23.2 Å². The monoisotopic (exact) mass is 443 g/mol. The molecule has 0 spiro atoms. The summed E-state index contributed by atoms with van der Waals surface area (Å²) in [5.41, 5.74) is 13.5. The number of hydrogen-bond acceptors (Lipinski definition) is 1. The minimum Gasteiger partial charge on any atom is -0.399 e. The molecule has 0 saturated heterocycles. The largest absolute Gasteiger partial charge is 0.399 e. The molecule has 0 fully saturated rings. The summed E-state index contributed by atoms with van der Waals surface area (Å²) in [5, 5.41) is 1.58. The summed E-state index contributed by atoms with van der Waals surface area (Å²) in [7, 11) is 0. The van der Waals surface area contributed by atoms with Crippen molar-refractivity contribution < 1.29 is 0 Å². The molecular formula is C28H23Cl2N. The average Bonchev–Trinajstić information content (AvgIpc) is 2.77. The van der Waals surface area contributed by atoms with E-state index < -0.39 is 0 Å². The van der Waals surface area contributed by atoms with Gasteiger partial charge in [-0.2, -0.15) is 0 Å². The van der Waals surface area contributed by atoms with Gasteiger partial charge in [-0.3, -0.25) is 0 Å². The van der Waals surface area contributed by atoms with Crippen molar-refractivity contribution in [2.75, 3.05) is 5.73 Å². The Hall–Kier alpha value is -3.00. The first-order chi connectivity index (χ1) is 15.1. The quantitative estimate of drug-likeness (QED) is 0.237. The second-order valence-electron chi connectivity index (χ2n) is 7.57. The van der Waals surface area contributed by atoms with Gasteiger partial charge in [0, 0.05) is 15.7 Å². The second-order valence-corrected chi connectivity index (χ2v) is 8.38. The summed E-state index contributed by atoms with van der Waals surface area (Å²) in [6.45, 7) is 0. The maximum absolute atomic E-state index is 6.46. The maximum Gasteiger partial charge on any atom is 0.0441 e. The molecule has 4 aromatic carbocycles. The fourth-order valence-corrected chi connectivity index (χ4v) is 3.99. The number of anilines is 1. The van der Waals surface area contributed by atoms with Gasteiger partial charge in [-0.25, -0.2) is 0 Å². The van der Waals surface area contributed by atoms with Crippen LogP contribution in [0.3, 0.4) is 0 Å². The van der Waals surface area contributed by atoms with E-state index in [0.29, 0.717) is 0 Å². The summed E-state index contributed by atoms with van der Waals surface area (Å²) >= 11 is 12.8. The van der Waals surface area contributed by atoms with Gasteiger partial charge >= 0.3 is 0 Å². The molecule has 4 aromatic rings. The molecule has 0 aliphatic heterocycles. The topological polar surface area (TPSA) is 26.0 Å². The van der Waals surface area contributed by atoms with Gasteiger partial charge in [0.05, 0.1) is 0 Å². The zero-order chi connectivity index (χ0) is 21.6. The van der Waals surface area contributed by atoms with Crippen molar-refractivity contribution in [3.63, 3.8) is 0 Å². The van der Waals surface area contributed by atoms with E-state index in [0.717, 1.165) is 45.3 Å². The first-order valence-electron chi connectivity index (χ1n) is 10.2. The zero-order valence-electron chi connectivity index (χ0n) is 17.1. The van der Waals surface area contributed by atoms with Crippen LogP contribution in [0.15, 0.2) is 91.0 Å². The van der Waals surface area contributed by atoms with E-state index in [4.69, 9.17) is 28.9 Å². The first kappa shape index (κ1) is 21.2. The van der Waals surface area contributed by atoms with Crippen LogP contribution in [-0.4, -0.2) is 0 Å². The molecule has 0 aromatic heterocycles. The molecule has 4 rings (SSSR count). The predicted molar refractivity (Wildman–Crippen MR) is 135 cm³/mol. The maximum atomic E-state index is 6.46. The van der Waals surface area contributed by atoms with Gasteiger partial charge < -0.3 is 5.73 Å². The van der Waals surface area contributed by atoms with Gasteiger partial charge in [0.2, 0.25) is 0 Å². The molecule has 0 amide bonds. The lowest BCUT2D eigenvalue weighted by Crippen LogP contribution is -1.97. The van der Waals surface area contributed by atoms with Crippen molar-refractivity contribution in [3.05, 3.63) is 134 Å². The molecule has 0 unspecified atom stereocenters. The fourth-order valence-electron chi connectivity index (χ4n) is 3.59. The molecule has 0 bridgehead atoms. The van der Waals surface area contributed by atoms with E-state index in [9.17, 15) is 0 Å². The van der Waals surface area contributed by atoms with Crippen LogP contribution in [0.1, 0.15) is 33.4 Å². The molecule has 0 aliphatic rings. The standard InChI is InChI=1S/C28H23Cl2N/c29-27-7-3-1-5-23(27)17-21-10-14-22(13-9-20-11-15-26(31)16-12-20)25(18-21)19-24-6-2-4-8-28(24)30/h1-16,18H,17,19,31H2/b13-9+. The average molecular weight is 444 g/mol. The van der Waals surface area contributed by atoms with Crippen molar-refractivity contribution in [1.82, 2.24) is 0 Å². The SMILES string of the molecule is Nc1ccc(/C=C/c2ccc(Cc3ccccc3Cl)cc2Cc2ccccc2Cl)cc1. The molecule has 0 radical (unpaired) electrons. The molecule has 0 saturated carbocycles. The van der Waals surface area contributed by atoms with Crippen LogP contribution in [0.25, 0.3) is 12.2 Å². The van der Waals surface area contributed by atoms with Crippen LogP contribution in [0.4, 0.5) is 5.69 Å². The molecule has 2 N–H and O–H groups in total. The van der Waals surface area contributed by atoms with Crippen molar-refractivity contribution in [2.24, 2.45) is 0 Å². The molecular weight excluding hydrogens is 421 g/mol. The number of nitrogens with two attached hydrogens (primary N) is 1. The van der Waals surface area contributed by atoms with Crippen molar-refractivity contribution in [1.29, 1.82) is 0 Å². The van der Waals surface area contributed by atoms with Gasteiger partial charge in [-0.1, -0.05) is 102 Å². The van der Waals surface area contributed by atoms with Crippen LogP contribution < -0.4 is 5.73 Å². The highest BCUT2D eigenvalue weighted by molar-refractivity contribution is 6.31. The number of halogens is 2. The predicted octanol–water partition coefficient (Wildman–Crippen LogP) is 7.93. The molecule has 3 heteroatoms. The Morgan fingerprint density at radius 3 is 1.87 bits per heavy atom. The number of hydrogen-bond donors (Lipinski definition) is 1. The lowest BCUT2D eigenvalue weighted by Gasteiger charge is -2.12. The second kappa shape index (κ2) is 9.87. The number of benzene rings is 4. The third-order valence-electron chi connectivity index (χ3n) is 5.29. The van der Waals surface area contributed by atoms with Gasteiger partial charge in [0.15, 0.2) is 0 Å². The van der Waals surface area contributed by atoms with Crippen LogP contribution in [-0.2, 0) is 12.8 Å². The smallest absolute Gasteiger partial charge is 0.0441 e. The van der Waals surface area contributed by atoms with E-state index in [1.807, 2.05) is 60.7 Å². The Kier molecular flexibility index (Phi) is 6.76. The van der Waals surface area contributed by atoms with Gasteiger partial charge in [0.25, 0.3) is 0 Å². The Labute approximate surface area is 193 Å². The van der Waals surface area contributed by atoms with Crippen molar-refractivity contribution >= 4 is 41.0 Å². The Morgan fingerprint density at radius 2 is 1.23 bits per heavy atom. The molecule has 154 valence electrons. The molecule has 31 heavy (non-hydrogen) atoms. The van der Waals surface area contributed by atoms with Crippen LogP contribution in [0, 0.1) is 0 Å². The van der Waals surface area contributed by atoms with Crippen LogP contribution in [0.2, 0.25) is 10.0 Å². The minimum absolute atomic E-state index is 0.761. The van der Waals surface area contributed by atoms with Crippen molar-refractivity contribution in [2.45, 2.75) is 12.8 Å². The summed E-state index contributed by atoms with van der Waals surface area (Å²) < 4.78 is 0. The number of rotatable bonds is 6. The van der Waals surface area contributed by atoms with E-state index in [1.165, 1.54) is 16.7 Å². The summed E-state index contributed by atoms with van der Waals surface area (Å²) in [5.74, 6) is 0. The highest BCUT2D eigenvalue weighted by Crippen LogP contribution is 2.26. The van der Waals surface area contributed by atoms with E-state index in [-0.39, 0.29) is 0 Å². The summed E-state index contributed by atoms with van der Waals surface area (Å²) in [6, 6.07) is 30.5. The normalized spacial score (nSPS) is 11.2. The van der Waals surface area contributed by atoms with E-state index in [1.54, 1.807) is 0 Å². The molecule has 0 heterocycles. The zero-order valence-corrected chi connectivity index (χ0v) is 18.6. The minimum atomic E-state index is 0.761. The fraction of sp³-hybridized carbons (Fsp3) is 0.0714. The van der Waals surface area contributed by atoms with Gasteiger partial charge in [-0.15, -0.1) is 0 Å². The lowest BCUT2D eigenvalue weighted by molar-refractivity contribution is 1.13. The third-order valence-corrected chi connectivity index (χ3v) is 6.03. The molecule has 0 aliphatic carbocycles. The highest BCUT2D eigenvalue weighted by Gasteiger charge is 2.08. The summed E-state index contributed by atoms with van der Waals surface area (Å²) in [4.78, 5) is 0. The van der Waals surface area contributed by atoms with E-state index >= 15 is 0 Å². The van der Waals surface area contributed by atoms with Gasteiger partial charge in [0.1, 0.15) is 0 Å². The molecule has 0 atom stereocenters. The third kappa shape index (κ3) is 5.58. The Balaban J connectivity index is 1.68. The first-order valence-corrected chi connectivity index (χ1v) is 11.0. The van der Waals surface area contributed by atoms with Crippen molar-refractivity contribution in [3.8, 4) is 0 Å². The Morgan fingerprint density at radius 1 is 0.613 bits per heavy atom.